The molecule has 1 N–H and O–H groups in total. The third kappa shape index (κ3) is 3.91. The van der Waals surface area contributed by atoms with Gasteiger partial charge in [-0.15, -0.1) is 0 Å². The van der Waals surface area contributed by atoms with E-state index in [9.17, 15) is 18.7 Å². The van der Waals surface area contributed by atoms with Crippen LogP contribution in [0.4, 0.5) is 8.78 Å². The Morgan fingerprint density at radius 3 is 2.58 bits per heavy atom. The molecule has 3 aromatic rings. The molecule has 2 fully saturated rings. The molecule has 0 saturated heterocycles. The Bertz CT molecular complexity index is 1200. The van der Waals surface area contributed by atoms with E-state index in [-0.39, 0.29) is 23.3 Å². The zero-order valence-corrected chi connectivity index (χ0v) is 18.9. The average molecular weight is 497 g/mol. The topological polar surface area (TPSA) is 94.0 Å². The Morgan fingerprint density at radius 1 is 1.21 bits per heavy atom. The van der Waals surface area contributed by atoms with Gasteiger partial charge in [-0.05, 0) is 56.2 Å². The van der Waals surface area contributed by atoms with E-state index in [0.717, 1.165) is 18.4 Å². The molecular formula is C22H20Cl2F2N4O3. The summed E-state index contributed by atoms with van der Waals surface area (Å²) in [6.07, 6.45) is 0.542. The number of carboxylic acids is 1. The molecule has 0 unspecified atom stereocenters. The van der Waals surface area contributed by atoms with Gasteiger partial charge in [0.2, 0.25) is 0 Å². The van der Waals surface area contributed by atoms with Crippen LogP contribution in [0.2, 0.25) is 10.0 Å². The first-order chi connectivity index (χ1) is 15.8. The van der Waals surface area contributed by atoms with Crippen molar-refractivity contribution in [2.24, 2.45) is 5.92 Å². The minimum absolute atomic E-state index is 0.0503. The maximum atomic E-state index is 13.8. The van der Waals surface area contributed by atoms with Gasteiger partial charge in [0.15, 0.2) is 11.5 Å². The van der Waals surface area contributed by atoms with Gasteiger partial charge in [0.25, 0.3) is 12.3 Å². The van der Waals surface area contributed by atoms with Crippen LogP contribution in [-0.4, -0.2) is 31.0 Å². The second-order valence-corrected chi connectivity index (χ2v) is 9.44. The van der Waals surface area contributed by atoms with Crippen LogP contribution in [0.15, 0.2) is 28.8 Å². The summed E-state index contributed by atoms with van der Waals surface area (Å²) in [6.45, 7) is 0. The smallest absolute Gasteiger partial charge is 0.306 e. The fraction of sp³-hybridized carbons (Fsp3) is 0.455. The van der Waals surface area contributed by atoms with Crippen molar-refractivity contribution in [2.45, 2.75) is 56.4 Å². The van der Waals surface area contributed by atoms with Gasteiger partial charge in [-0.2, -0.15) is 10.1 Å². The predicted molar refractivity (Wildman–Crippen MR) is 116 cm³/mol. The Hall–Kier alpha value is -2.52. The fourth-order valence-electron chi connectivity index (χ4n) is 4.67. The molecule has 33 heavy (non-hydrogen) atoms. The van der Waals surface area contributed by atoms with Gasteiger partial charge in [-0.1, -0.05) is 40.5 Å². The molecular weight excluding hydrogens is 477 g/mol. The molecule has 0 bridgehead atoms. The van der Waals surface area contributed by atoms with Crippen molar-refractivity contribution >= 4 is 29.2 Å². The normalized spacial score (nSPS) is 22.0. The van der Waals surface area contributed by atoms with Crippen LogP contribution in [0.25, 0.3) is 11.6 Å². The summed E-state index contributed by atoms with van der Waals surface area (Å²) in [4.78, 5) is 15.7. The number of carboxylic acid groups (broad SMARTS) is 1. The zero-order chi connectivity index (χ0) is 23.3. The SMILES string of the molecule is O=C(O)C1CCC(n2nc(-c3nc(C4(c5cccc(Cl)c5Cl)CC4)no3)cc2C(F)F)CC1. The highest BCUT2D eigenvalue weighted by Gasteiger charge is 2.51. The summed E-state index contributed by atoms with van der Waals surface area (Å²) >= 11 is 12.6. The monoisotopic (exact) mass is 496 g/mol. The molecule has 0 aliphatic heterocycles. The summed E-state index contributed by atoms with van der Waals surface area (Å²) in [5.41, 5.74) is 0.200. The predicted octanol–water partition coefficient (Wildman–Crippen LogP) is 6.07. The Morgan fingerprint density at radius 2 is 1.94 bits per heavy atom. The van der Waals surface area contributed by atoms with E-state index < -0.39 is 23.7 Å². The number of carbonyl (C=O) groups is 1. The van der Waals surface area contributed by atoms with E-state index in [4.69, 9.17) is 27.7 Å². The number of alkyl halides is 2. The van der Waals surface area contributed by atoms with Crippen LogP contribution in [0.1, 0.15) is 68.1 Å². The number of benzene rings is 1. The Balaban J connectivity index is 1.44. The van der Waals surface area contributed by atoms with Gasteiger partial charge < -0.3 is 9.63 Å². The first-order valence-corrected chi connectivity index (χ1v) is 11.4. The van der Waals surface area contributed by atoms with Crippen LogP contribution in [0, 0.1) is 5.92 Å². The van der Waals surface area contributed by atoms with Crippen LogP contribution in [0.5, 0.6) is 0 Å². The highest BCUT2D eigenvalue weighted by Crippen LogP contribution is 2.55. The number of hydrogen-bond donors (Lipinski definition) is 1. The standard InChI is InChI=1S/C22H20Cl2F2N4O3/c23-14-3-1-2-13(17(14)24)22(8-9-22)21-27-19(33-29-21)15-10-16(18(25)26)30(28-15)12-6-4-11(5-7-12)20(31)32/h1-3,10-12,18H,4-9H2,(H,31,32). The third-order valence-electron chi connectivity index (χ3n) is 6.67. The van der Waals surface area contributed by atoms with Gasteiger partial charge in [0.1, 0.15) is 5.69 Å². The second-order valence-electron chi connectivity index (χ2n) is 8.65. The molecule has 1 aromatic carbocycles. The van der Waals surface area contributed by atoms with Crippen LogP contribution < -0.4 is 0 Å². The summed E-state index contributed by atoms with van der Waals surface area (Å²) in [6, 6.07) is 6.33. The molecule has 0 amide bonds. The number of aliphatic carboxylic acids is 1. The van der Waals surface area contributed by atoms with E-state index in [2.05, 4.69) is 15.2 Å². The van der Waals surface area contributed by atoms with Gasteiger partial charge in [-0.25, -0.2) is 8.78 Å². The van der Waals surface area contributed by atoms with Gasteiger partial charge in [0, 0.05) is 0 Å². The summed E-state index contributed by atoms with van der Waals surface area (Å²) in [7, 11) is 0. The van der Waals surface area contributed by atoms with Crippen molar-refractivity contribution in [1.29, 1.82) is 0 Å². The van der Waals surface area contributed by atoms with E-state index in [1.165, 1.54) is 10.7 Å². The molecule has 2 heterocycles. The highest BCUT2D eigenvalue weighted by molar-refractivity contribution is 6.42. The third-order valence-corrected chi connectivity index (χ3v) is 7.49. The summed E-state index contributed by atoms with van der Waals surface area (Å²) in [5.74, 6) is -0.834. The van der Waals surface area contributed by atoms with Crippen molar-refractivity contribution in [3.05, 3.63) is 51.4 Å². The molecule has 0 radical (unpaired) electrons. The van der Waals surface area contributed by atoms with Crippen LogP contribution >= 0.6 is 23.2 Å². The lowest BCUT2D eigenvalue weighted by atomic mass is 9.86. The molecule has 7 nitrogen and oxygen atoms in total. The molecule has 174 valence electrons. The molecule has 2 aliphatic carbocycles. The van der Waals surface area contributed by atoms with Crippen molar-refractivity contribution < 1.29 is 23.2 Å². The lowest BCUT2D eigenvalue weighted by Crippen LogP contribution is -2.24. The second kappa shape index (κ2) is 8.36. The fourth-order valence-corrected chi connectivity index (χ4v) is 5.15. The van der Waals surface area contributed by atoms with E-state index in [1.807, 2.05) is 6.07 Å². The van der Waals surface area contributed by atoms with E-state index in [0.29, 0.717) is 41.6 Å². The van der Waals surface area contributed by atoms with Gasteiger partial charge in [-0.3, -0.25) is 9.48 Å². The zero-order valence-electron chi connectivity index (χ0n) is 17.3. The Kier molecular flexibility index (Phi) is 5.64. The number of hydrogen-bond acceptors (Lipinski definition) is 5. The molecule has 5 rings (SSSR count). The molecule has 11 heteroatoms. The first-order valence-electron chi connectivity index (χ1n) is 10.7. The largest absolute Gasteiger partial charge is 0.481 e. The van der Waals surface area contributed by atoms with Crippen molar-refractivity contribution in [3.8, 4) is 11.6 Å². The highest BCUT2D eigenvalue weighted by atomic mass is 35.5. The maximum absolute atomic E-state index is 13.8. The quantitative estimate of drug-likeness (QED) is 0.444. The minimum atomic E-state index is -2.74. The van der Waals surface area contributed by atoms with Gasteiger partial charge >= 0.3 is 5.97 Å². The summed E-state index contributed by atoms with van der Waals surface area (Å²) < 4.78 is 34.3. The van der Waals surface area contributed by atoms with Crippen molar-refractivity contribution in [2.75, 3.05) is 0 Å². The Labute approximate surface area is 197 Å². The minimum Gasteiger partial charge on any atom is -0.481 e. The van der Waals surface area contributed by atoms with Crippen molar-refractivity contribution in [3.63, 3.8) is 0 Å². The van der Waals surface area contributed by atoms with E-state index in [1.54, 1.807) is 12.1 Å². The molecule has 0 spiro atoms. The van der Waals surface area contributed by atoms with Crippen LogP contribution in [0.3, 0.4) is 0 Å². The van der Waals surface area contributed by atoms with Crippen LogP contribution in [-0.2, 0) is 10.2 Å². The van der Waals surface area contributed by atoms with Gasteiger partial charge in [0.05, 0.1) is 27.4 Å². The van der Waals surface area contributed by atoms with E-state index >= 15 is 0 Å². The summed E-state index contributed by atoms with van der Waals surface area (Å²) in [5, 5.41) is 18.5. The number of rotatable bonds is 6. The average Bonchev–Trinajstić information content (AvgIpc) is 3.23. The number of aromatic nitrogens is 4. The maximum Gasteiger partial charge on any atom is 0.306 e. The molecule has 0 atom stereocenters. The molecule has 2 aromatic heterocycles. The number of halogens is 4. The molecule has 2 saturated carbocycles. The van der Waals surface area contributed by atoms with Crippen molar-refractivity contribution in [1.82, 2.24) is 19.9 Å². The first kappa shape index (κ1) is 22.3. The lowest BCUT2D eigenvalue weighted by Gasteiger charge is -2.27. The number of nitrogens with zero attached hydrogens (tertiary/aromatic N) is 4. The molecule has 2 aliphatic rings. The lowest BCUT2D eigenvalue weighted by molar-refractivity contribution is -0.143.